The highest BCUT2D eigenvalue weighted by Crippen LogP contribution is 2.31. The first-order valence-electron chi connectivity index (χ1n) is 10.4. The maximum Gasteiger partial charge on any atom is 0.407 e. The quantitative estimate of drug-likeness (QED) is 0.431. The molecule has 1 saturated heterocycles. The predicted molar refractivity (Wildman–Crippen MR) is 110 cm³/mol. The maximum absolute atomic E-state index is 12.0. The third-order valence-electron chi connectivity index (χ3n) is 4.82. The highest BCUT2D eigenvalue weighted by molar-refractivity contribution is 5.67. The molecule has 4 nitrogen and oxygen atoms in total. The minimum atomic E-state index is -0.445. The van der Waals surface area contributed by atoms with Crippen LogP contribution in [0.2, 0.25) is 0 Å². The van der Waals surface area contributed by atoms with E-state index in [-0.39, 0.29) is 6.09 Å². The highest BCUT2D eigenvalue weighted by Gasteiger charge is 2.33. The van der Waals surface area contributed by atoms with Gasteiger partial charge in [-0.25, -0.2) is 4.79 Å². The Morgan fingerprint density at radius 2 is 1.96 bits per heavy atom. The molecule has 0 bridgehead atoms. The summed E-state index contributed by atoms with van der Waals surface area (Å²) in [6.45, 7) is 18.3. The molecule has 4 heteroatoms. The van der Waals surface area contributed by atoms with Gasteiger partial charge < -0.3 is 10.1 Å². The van der Waals surface area contributed by atoms with E-state index >= 15 is 0 Å². The number of hydrogen-bond acceptors (Lipinski definition) is 3. The molecule has 0 aromatic rings. The molecule has 1 aliphatic rings. The molecule has 1 rings (SSSR count). The van der Waals surface area contributed by atoms with Crippen molar-refractivity contribution in [1.82, 2.24) is 10.2 Å². The van der Waals surface area contributed by atoms with Gasteiger partial charge in [-0.2, -0.15) is 0 Å². The van der Waals surface area contributed by atoms with Crippen LogP contribution in [-0.2, 0) is 4.74 Å². The number of nitrogens with one attached hydrogen (secondary N) is 1. The summed E-state index contributed by atoms with van der Waals surface area (Å²) in [5, 5.41) is 2.99. The largest absolute Gasteiger partial charge is 0.444 e. The first-order chi connectivity index (χ1) is 12.0. The second kappa shape index (κ2) is 10.3. The molecule has 0 spiro atoms. The highest BCUT2D eigenvalue weighted by atomic mass is 16.6. The van der Waals surface area contributed by atoms with Crippen LogP contribution < -0.4 is 5.32 Å². The van der Waals surface area contributed by atoms with Gasteiger partial charge in [0, 0.05) is 18.6 Å². The third-order valence-corrected chi connectivity index (χ3v) is 4.82. The maximum atomic E-state index is 12.0. The predicted octanol–water partition coefficient (Wildman–Crippen LogP) is 5.53. The van der Waals surface area contributed by atoms with E-state index in [9.17, 15) is 4.79 Å². The summed E-state index contributed by atoms with van der Waals surface area (Å²) in [7, 11) is 0. The molecular weight excluding hydrogens is 324 g/mol. The van der Waals surface area contributed by atoms with E-state index in [0.717, 1.165) is 19.4 Å². The van der Waals surface area contributed by atoms with E-state index in [1.807, 2.05) is 26.8 Å². The molecule has 0 unspecified atom stereocenters. The molecule has 1 heterocycles. The Labute approximate surface area is 161 Å². The Morgan fingerprint density at radius 3 is 2.54 bits per heavy atom. The first-order valence-corrected chi connectivity index (χ1v) is 10.4. The number of alkyl carbamates (subject to hydrolysis) is 1. The number of ether oxygens (including phenoxy) is 1. The van der Waals surface area contributed by atoms with Gasteiger partial charge in [0.1, 0.15) is 5.60 Å². The number of hydrogen-bond donors (Lipinski definition) is 1. The van der Waals surface area contributed by atoms with E-state index in [1.54, 1.807) is 0 Å². The number of rotatable bonds is 9. The second-order valence-corrected chi connectivity index (χ2v) is 9.91. The summed E-state index contributed by atoms with van der Waals surface area (Å²) in [5.41, 5.74) is -0.131. The number of carbonyl (C=O) groups is 1. The fourth-order valence-corrected chi connectivity index (χ4v) is 3.83. The fraction of sp³-hybridized carbons (Fsp3) is 0.864. The van der Waals surface area contributed by atoms with Gasteiger partial charge >= 0.3 is 6.09 Å². The second-order valence-electron chi connectivity index (χ2n) is 9.91. The zero-order chi connectivity index (χ0) is 19.8. The molecule has 1 fully saturated rings. The van der Waals surface area contributed by atoms with Crippen molar-refractivity contribution in [3.05, 3.63) is 12.7 Å². The van der Waals surface area contributed by atoms with Crippen molar-refractivity contribution < 1.29 is 9.53 Å². The van der Waals surface area contributed by atoms with Gasteiger partial charge in [-0.1, -0.05) is 33.3 Å². The van der Waals surface area contributed by atoms with Crippen LogP contribution in [0.25, 0.3) is 0 Å². The van der Waals surface area contributed by atoms with Crippen molar-refractivity contribution >= 4 is 6.09 Å². The first kappa shape index (κ1) is 23.0. The van der Waals surface area contributed by atoms with Crippen LogP contribution in [0.5, 0.6) is 0 Å². The molecule has 0 aliphatic carbocycles. The lowest BCUT2D eigenvalue weighted by molar-refractivity contribution is 0.0498. The van der Waals surface area contributed by atoms with Gasteiger partial charge in [-0.3, -0.25) is 4.90 Å². The van der Waals surface area contributed by atoms with Crippen molar-refractivity contribution in [1.29, 1.82) is 0 Å². The number of likely N-dealkylation sites (tertiary alicyclic amines) is 1. The number of amides is 1. The summed E-state index contributed by atoms with van der Waals surface area (Å²) in [5.74, 6) is 0. The number of allylic oxidation sites excluding steroid dienone is 1. The van der Waals surface area contributed by atoms with Gasteiger partial charge in [-0.15, -0.1) is 6.58 Å². The van der Waals surface area contributed by atoms with Gasteiger partial charge in [0.2, 0.25) is 0 Å². The number of unbranched alkanes of at least 4 members (excludes halogenated alkanes) is 2. The van der Waals surface area contributed by atoms with Crippen LogP contribution in [0.3, 0.4) is 0 Å². The lowest BCUT2D eigenvalue weighted by atomic mass is 9.85. The van der Waals surface area contributed by atoms with Crippen molar-refractivity contribution in [3.8, 4) is 0 Å². The third kappa shape index (κ3) is 9.61. The molecule has 26 heavy (non-hydrogen) atoms. The average Bonchev–Trinajstić information content (AvgIpc) is 2.94. The molecule has 0 saturated carbocycles. The normalized spacial score (nSPS) is 20.0. The molecule has 0 aromatic heterocycles. The zero-order valence-corrected chi connectivity index (χ0v) is 18.1. The molecule has 1 aliphatic heterocycles. The van der Waals surface area contributed by atoms with Gasteiger partial charge in [-0.05, 0) is 71.3 Å². The van der Waals surface area contributed by atoms with Crippen LogP contribution in [0.1, 0.15) is 86.5 Å². The summed E-state index contributed by atoms with van der Waals surface area (Å²) in [4.78, 5) is 14.7. The molecular formula is C22H42N2O2. The summed E-state index contributed by atoms with van der Waals surface area (Å²) in [6.07, 6.45) is 10.1. The Bertz CT molecular complexity index is 434. The van der Waals surface area contributed by atoms with Crippen molar-refractivity contribution in [2.75, 3.05) is 13.1 Å². The monoisotopic (exact) mass is 366 g/mol. The average molecular weight is 367 g/mol. The topological polar surface area (TPSA) is 41.6 Å². The summed E-state index contributed by atoms with van der Waals surface area (Å²) >= 11 is 0. The van der Waals surface area contributed by atoms with E-state index in [4.69, 9.17) is 4.74 Å². The van der Waals surface area contributed by atoms with E-state index in [0.29, 0.717) is 24.0 Å². The summed E-state index contributed by atoms with van der Waals surface area (Å²) in [6, 6.07) is 1.02. The Balaban J connectivity index is 2.62. The van der Waals surface area contributed by atoms with E-state index in [1.165, 1.54) is 32.1 Å². The Hall–Kier alpha value is -1.03. The molecule has 1 N–H and O–H groups in total. The molecule has 152 valence electrons. The van der Waals surface area contributed by atoms with E-state index < -0.39 is 5.60 Å². The number of nitrogens with zero attached hydrogens (tertiary/aromatic N) is 1. The van der Waals surface area contributed by atoms with Crippen LogP contribution in [0, 0.1) is 5.41 Å². The SMILES string of the molecule is C=CCCCC[C@H](CC(C)(C)C)N1CCC[C@H]1CNC(=O)OC(C)(C)C. The van der Waals surface area contributed by atoms with Crippen molar-refractivity contribution in [3.63, 3.8) is 0 Å². The van der Waals surface area contributed by atoms with Crippen LogP contribution in [-0.4, -0.2) is 41.8 Å². The van der Waals surface area contributed by atoms with Gasteiger partial charge in [0.15, 0.2) is 0 Å². The smallest absolute Gasteiger partial charge is 0.407 e. The van der Waals surface area contributed by atoms with Crippen molar-refractivity contribution in [2.45, 2.75) is 104 Å². The zero-order valence-electron chi connectivity index (χ0n) is 18.1. The molecule has 0 aromatic carbocycles. The van der Waals surface area contributed by atoms with Crippen LogP contribution >= 0.6 is 0 Å². The minimum absolute atomic E-state index is 0.303. The lowest BCUT2D eigenvalue weighted by Crippen LogP contribution is -2.47. The lowest BCUT2D eigenvalue weighted by Gasteiger charge is -2.37. The minimum Gasteiger partial charge on any atom is -0.444 e. The molecule has 1 amide bonds. The van der Waals surface area contributed by atoms with Crippen LogP contribution in [0.4, 0.5) is 4.79 Å². The Kier molecular flexibility index (Phi) is 9.15. The van der Waals surface area contributed by atoms with E-state index in [2.05, 4.69) is 37.6 Å². The summed E-state index contributed by atoms with van der Waals surface area (Å²) < 4.78 is 5.39. The van der Waals surface area contributed by atoms with Gasteiger partial charge in [0.05, 0.1) is 0 Å². The molecule has 2 atom stereocenters. The number of carbonyl (C=O) groups excluding carboxylic acids is 1. The Morgan fingerprint density at radius 1 is 1.27 bits per heavy atom. The standard InChI is InChI=1S/C22H42N2O2/c1-8-9-10-11-13-18(16-21(2,3)4)24-15-12-14-19(24)17-23-20(25)26-22(5,6)7/h8,18-19H,1,9-17H2,2-7H3,(H,23,25)/t18-,19+/m1/s1. The fourth-order valence-electron chi connectivity index (χ4n) is 3.83. The molecule has 0 radical (unpaired) electrons. The van der Waals surface area contributed by atoms with Crippen LogP contribution in [0.15, 0.2) is 12.7 Å². The van der Waals surface area contributed by atoms with Gasteiger partial charge in [0.25, 0.3) is 0 Å². The van der Waals surface area contributed by atoms with Crippen molar-refractivity contribution in [2.24, 2.45) is 5.41 Å².